The maximum absolute atomic E-state index is 13.4. The number of halogens is 10. The molecule has 32 heteroatoms. The molecule has 0 aliphatic carbocycles. The molecule has 2 aliphatic rings. The van der Waals surface area contributed by atoms with Crippen molar-refractivity contribution in [1.82, 2.24) is 9.97 Å². The molecule has 0 amide bonds. The van der Waals surface area contributed by atoms with Gasteiger partial charge in [-0.1, -0.05) is 36.5 Å². The Labute approximate surface area is 451 Å². The number of hydrogen-bond donors (Lipinski definition) is 2. The fraction of sp³-hybridized carbons (Fsp3) is 0.395. The van der Waals surface area contributed by atoms with Gasteiger partial charge in [0, 0.05) is 68.1 Å². The second-order valence-electron chi connectivity index (χ2n) is 16.2. The van der Waals surface area contributed by atoms with E-state index >= 15 is 0 Å². The molecule has 0 fully saturated rings. The summed E-state index contributed by atoms with van der Waals surface area (Å²) in [6.07, 6.45) is -7.07. The van der Waals surface area contributed by atoms with Crippen LogP contribution in [0.3, 0.4) is 0 Å². The van der Waals surface area contributed by atoms with Crippen LogP contribution in [0.25, 0.3) is 20.4 Å². The van der Waals surface area contributed by atoms with Crippen molar-refractivity contribution in [1.29, 1.82) is 0 Å². The van der Waals surface area contributed by atoms with Crippen molar-refractivity contribution in [3.05, 3.63) is 65.7 Å². The van der Waals surface area contributed by atoms with Gasteiger partial charge in [0.25, 0.3) is 20.2 Å². The van der Waals surface area contributed by atoms with E-state index in [9.17, 15) is 69.8 Å². The van der Waals surface area contributed by atoms with Crippen molar-refractivity contribution in [3.8, 4) is 5.75 Å². The average Bonchev–Trinajstić information content (AvgIpc) is 3.91. The number of azo groups is 2. The minimum absolute atomic E-state index is 0. The first-order valence-electron chi connectivity index (χ1n) is 21.8. The fourth-order valence-electron chi connectivity index (χ4n) is 7.91. The van der Waals surface area contributed by atoms with Gasteiger partial charge in [0.2, 0.25) is 10.3 Å². The number of aryl methyl sites for hydroxylation is 1. The molecular formula is C43H40F10N8O7PdS6. The van der Waals surface area contributed by atoms with E-state index in [4.69, 9.17) is 4.74 Å². The fourth-order valence-corrected chi connectivity index (χ4v) is 12.7. The van der Waals surface area contributed by atoms with Gasteiger partial charge in [-0.3, -0.25) is 9.11 Å². The quantitative estimate of drug-likeness (QED) is 0.0305. The van der Waals surface area contributed by atoms with Gasteiger partial charge in [0.05, 0.1) is 33.2 Å². The minimum atomic E-state index is -5.72. The standard InChI is InChI=1S/C22H23F5N4O4S3.C21H17F5N4O3S3.Pd/c1-4-8-31(9-5-2)16-12-19(38(32,33)34)15(11-17(16)35-3)29-30-20-28-14-7-6-13(10-18(14)36-20)37-22(26,27)21(23,24)25;22-20(23,24)21(25,26)35-12-5-6-14-16(10-12)34-19(27-14)29-28-15-9-11-3-1-7-30-8-2-4-13(17(11)30)18(15)36(31,32)33;/h6-7,10-12H,4-5,8-9H2,1-3H3,(H,32,33,34);5-6,9-10H,1-4,7-8H2,(H,31,32,33);. The van der Waals surface area contributed by atoms with Gasteiger partial charge >= 0.3 is 22.9 Å². The maximum atomic E-state index is 13.4. The summed E-state index contributed by atoms with van der Waals surface area (Å²) in [5, 5.41) is 5.97. The number of hydrogen-bond acceptors (Lipinski definition) is 17. The third kappa shape index (κ3) is 13.9. The van der Waals surface area contributed by atoms with E-state index < -0.39 is 71.5 Å². The molecule has 0 saturated heterocycles. The first-order valence-corrected chi connectivity index (χ1v) is 28.0. The van der Waals surface area contributed by atoms with Crippen LogP contribution in [0.4, 0.5) is 76.9 Å². The zero-order valence-electron chi connectivity index (χ0n) is 38.8. The molecule has 0 bridgehead atoms. The van der Waals surface area contributed by atoms with Gasteiger partial charge in [0.1, 0.15) is 26.9 Å². The number of thioether (sulfide) groups is 2. The molecule has 0 spiro atoms. The van der Waals surface area contributed by atoms with Crippen LogP contribution in [0.2, 0.25) is 0 Å². The van der Waals surface area contributed by atoms with Gasteiger partial charge in [-0.25, -0.2) is 9.97 Å². The predicted molar refractivity (Wildman–Crippen MR) is 262 cm³/mol. The van der Waals surface area contributed by atoms with Crippen molar-refractivity contribution >= 4 is 120 Å². The van der Waals surface area contributed by atoms with E-state index in [0.717, 1.165) is 103 Å². The van der Waals surface area contributed by atoms with E-state index in [1.54, 1.807) is 6.07 Å². The van der Waals surface area contributed by atoms with E-state index in [1.165, 1.54) is 31.4 Å². The van der Waals surface area contributed by atoms with Crippen molar-refractivity contribution < 1.29 is 95.0 Å². The van der Waals surface area contributed by atoms with Crippen molar-refractivity contribution in [2.24, 2.45) is 20.5 Å². The van der Waals surface area contributed by atoms with E-state index in [2.05, 4.69) is 35.3 Å². The summed E-state index contributed by atoms with van der Waals surface area (Å²) < 4.78 is 204. The number of ether oxygens (including phenoxy) is 1. The van der Waals surface area contributed by atoms with Crippen LogP contribution in [0.1, 0.15) is 50.7 Å². The van der Waals surface area contributed by atoms with Gasteiger partial charge in [0.15, 0.2) is 0 Å². The van der Waals surface area contributed by atoms with Crippen molar-refractivity contribution in [2.45, 2.75) is 94.8 Å². The molecule has 4 heterocycles. The Hall–Kier alpha value is -4.26. The summed E-state index contributed by atoms with van der Waals surface area (Å²) in [6, 6.07) is 11.1. The summed E-state index contributed by atoms with van der Waals surface area (Å²) in [7, 11) is -7.96. The van der Waals surface area contributed by atoms with Crippen LogP contribution < -0.4 is 14.5 Å². The van der Waals surface area contributed by atoms with Crippen LogP contribution in [-0.2, 0) is 53.5 Å². The first-order chi connectivity index (χ1) is 34.5. The van der Waals surface area contributed by atoms with Crippen LogP contribution in [-0.4, -0.2) is 92.1 Å². The number of rotatable bonds is 16. The Kier molecular flexibility index (Phi) is 18.7. The van der Waals surface area contributed by atoms with Crippen molar-refractivity contribution in [2.75, 3.05) is 43.1 Å². The number of thiazole rings is 2. The SMILES string of the molecule is CCCN(CCC)c1cc(S(=O)(=O)O)c(N=Nc2nc3ccc(SC(F)(F)C(F)(F)F)cc3s2)cc1OC.O=S(=O)(O)c1c(N=Nc2nc3ccc(SC(F)(F)C(F)(F)F)cc3s2)cc2c3c1CCCN3CCC2.[Pd]. The van der Waals surface area contributed by atoms with Crippen molar-refractivity contribution in [3.63, 3.8) is 0 Å². The molecular weight excluding hydrogens is 1230 g/mol. The number of methoxy groups -OCH3 is 1. The van der Waals surface area contributed by atoms with Gasteiger partial charge in [-0.15, -0.1) is 20.5 Å². The summed E-state index contributed by atoms with van der Waals surface area (Å²) in [5.41, 5.74) is 2.99. The largest absolute Gasteiger partial charge is 0.495 e. The number of aromatic nitrogens is 2. The Bertz CT molecular complexity index is 3360. The third-order valence-corrected chi connectivity index (χ3v) is 16.5. The number of alkyl halides is 10. The first kappa shape index (κ1) is 60.0. The van der Waals surface area contributed by atoms with Crippen LogP contribution in [0.15, 0.2) is 94.6 Å². The van der Waals surface area contributed by atoms with Gasteiger partial charge < -0.3 is 14.5 Å². The number of benzene rings is 4. The van der Waals surface area contributed by atoms with E-state index in [0.29, 0.717) is 46.7 Å². The maximum Gasteiger partial charge on any atom is 0.464 e. The Morgan fingerprint density at radius 1 is 0.693 bits per heavy atom. The Balaban J connectivity index is 0.000000241. The molecule has 75 heavy (non-hydrogen) atoms. The summed E-state index contributed by atoms with van der Waals surface area (Å²) in [6.45, 7) is 6.74. The molecule has 410 valence electrons. The summed E-state index contributed by atoms with van der Waals surface area (Å²) >= 11 is 0.486. The Morgan fingerprint density at radius 3 is 1.64 bits per heavy atom. The third-order valence-electron chi connectivity index (χ3n) is 10.9. The molecule has 0 saturated carbocycles. The minimum Gasteiger partial charge on any atom is -0.495 e. The molecule has 15 nitrogen and oxygen atoms in total. The number of anilines is 2. The number of fused-ring (bicyclic) bond motifs is 2. The topological polar surface area (TPSA) is 200 Å². The molecule has 2 aliphatic heterocycles. The zero-order chi connectivity index (χ0) is 54.2. The molecule has 6 aromatic rings. The molecule has 0 radical (unpaired) electrons. The summed E-state index contributed by atoms with van der Waals surface area (Å²) in [5.74, 6) is 0.296. The monoisotopic (exact) mass is 1270 g/mol. The molecule has 8 rings (SSSR count). The van der Waals surface area contributed by atoms with Crippen LogP contribution >= 0.6 is 46.2 Å². The Morgan fingerprint density at radius 2 is 1.19 bits per heavy atom. The van der Waals surface area contributed by atoms with Crippen LogP contribution in [0.5, 0.6) is 5.75 Å². The second-order valence-corrected chi connectivity index (χ2v) is 23.4. The smallest absolute Gasteiger partial charge is 0.464 e. The molecule has 0 unspecified atom stereocenters. The molecule has 0 atom stereocenters. The predicted octanol–water partition coefficient (Wildman–Crippen LogP) is 14.7. The number of nitrogens with zero attached hydrogens (tertiary/aromatic N) is 8. The summed E-state index contributed by atoms with van der Waals surface area (Å²) in [4.78, 5) is 10.9. The molecule has 2 aromatic heterocycles. The van der Waals surface area contributed by atoms with Gasteiger partial charge in [-0.05, 0) is 122 Å². The van der Waals surface area contributed by atoms with E-state index in [-0.39, 0.29) is 67.0 Å². The normalized spacial score (nSPS) is 14.6. The van der Waals surface area contributed by atoms with Crippen LogP contribution in [0, 0.1) is 0 Å². The zero-order valence-corrected chi connectivity index (χ0v) is 45.3. The average molecular weight is 1270 g/mol. The van der Waals surface area contributed by atoms with E-state index in [1.807, 2.05) is 18.7 Å². The molecule has 4 aromatic carbocycles. The van der Waals surface area contributed by atoms with Gasteiger partial charge in [-0.2, -0.15) is 60.7 Å². The molecule has 2 N–H and O–H groups in total. The second kappa shape index (κ2) is 23.4.